The van der Waals surface area contributed by atoms with E-state index < -0.39 is 0 Å². The second-order valence-corrected chi connectivity index (χ2v) is 5.09. The lowest BCUT2D eigenvalue weighted by molar-refractivity contribution is -0.758. The molecule has 0 saturated heterocycles. The standard InChI is InChI=1S/C15H29N2/c1-5-7-9-11-14-13-15(12-10-8-6-2)17(4)16(14)3/h13H,5-12H2,1-4H3/q+1. The van der Waals surface area contributed by atoms with Crippen LogP contribution in [0.25, 0.3) is 0 Å². The number of nitrogens with zero attached hydrogens (tertiary/aromatic N) is 2. The molecule has 0 saturated carbocycles. The highest BCUT2D eigenvalue weighted by atomic mass is 15.4. The Morgan fingerprint density at radius 1 is 1.00 bits per heavy atom. The maximum atomic E-state index is 2.41. The van der Waals surface area contributed by atoms with Crippen LogP contribution in [0.3, 0.4) is 0 Å². The Morgan fingerprint density at radius 2 is 1.59 bits per heavy atom. The van der Waals surface area contributed by atoms with Gasteiger partial charge in [-0.3, -0.25) is 0 Å². The molecule has 0 fully saturated rings. The van der Waals surface area contributed by atoms with Crippen molar-refractivity contribution < 1.29 is 4.68 Å². The van der Waals surface area contributed by atoms with Gasteiger partial charge < -0.3 is 0 Å². The van der Waals surface area contributed by atoms with Gasteiger partial charge in [0.2, 0.25) is 5.69 Å². The van der Waals surface area contributed by atoms with E-state index in [1.165, 1.54) is 62.8 Å². The second-order valence-electron chi connectivity index (χ2n) is 5.09. The van der Waals surface area contributed by atoms with Gasteiger partial charge in [-0.25, -0.2) is 0 Å². The van der Waals surface area contributed by atoms with E-state index in [4.69, 9.17) is 0 Å². The number of aryl methyl sites for hydroxylation is 2. The van der Waals surface area contributed by atoms with E-state index >= 15 is 0 Å². The lowest BCUT2D eigenvalue weighted by Gasteiger charge is -1.99. The summed E-state index contributed by atoms with van der Waals surface area (Å²) < 4.78 is 4.63. The average Bonchev–Trinajstić information content (AvgIpc) is 2.59. The van der Waals surface area contributed by atoms with Gasteiger partial charge in [-0.1, -0.05) is 39.5 Å². The fourth-order valence-corrected chi connectivity index (χ4v) is 2.34. The molecular weight excluding hydrogens is 208 g/mol. The highest BCUT2D eigenvalue weighted by Crippen LogP contribution is 2.09. The minimum atomic E-state index is 1.23. The van der Waals surface area contributed by atoms with Gasteiger partial charge in [0.15, 0.2) is 7.05 Å². The van der Waals surface area contributed by atoms with Gasteiger partial charge in [-0.05, 0) is 19.3 Å². The second kappa shape index (κ2) is 7.52. The van der Waals surface area contributed by atoms with Crippen LogP contribution in [-0.2, 0) is 26.9 Å². The van der Waals surface area contributed by atoms with E-state index in [0.29, 0.717) is 0 Å². The number of rotatable bonds is 8. The Balaban J connectivity index is 2.57. The maximum Gasteiger partial charge on any atom is 0.207 e. The summed E-state index contributed by atoms with van der Waals surface area (Å²) >= 11 is 0. The molecule has 2 nitrogen and oxygen atoms in total. The third-order valence-electron chi connectivity index (χ3n) is 3.69. The van der Waals surface area contributed by atoms with Crippen LogP contribution in [0, 0.1) is 0 Å². The molecule has 0 spiro atoms. The van der Waals surface area contributed by atoms with Crippen LogP contribution in [0.15, 0.2) is 6.07 Å². The minimum Gasteiger partial charge on any atom is -0.161 e. The zero-order valence-corrected chi connectivity index (χ0v) is 12.1. The maximum absolute atomic E-state index is 2.41. The first-order valence-corrected chi connectivity index (χ1v) is 7.24. The largest absolute Gasteiger partial charge is 0.207 e. The lowest BCUT2D eigenvalue weighted by Crippen LogP contribution is -2.41. The Morgan fingerprint density at radius 3 is 2.18 bits per heavy atom. The summed E-state index contributed by atoms with van der Waals surface area (Å²) in [4.78, 5) is 0. The molecule has 2 heteroatoms. The predicted octanol–water partition coefficient (Wildman–Crippen LogP) is 3.32. The third kappa shape index (κ3) is 4.18. The van der Waals surface area contributed by atoms with Crippen molar-refractivity contribution in [2.24, 2.45) is 14.1 Å². The zero-order valence-electron chi connectivity index (χ0n) is 12.1. The Bertz CT molecular complexity index is 295. The SMILES string of the molecule is CCCCCc1cc(CCCCC)[n+](C)n1C. The summed E-state index contributed by atoms with van der Waals surface area (Å²) in [6.45, 7) is 4.53. The molecule has 0 aromatic carbocycles. The summed E-state index contributed by atoms with van der Waals surface area (Å²) in [5.41, 5.74) is 2.99. The molecule has 0 N–H and O–H groups in total. The summed E-state index contributed by atoms with van der Waals surface area (Å²) in [5, 5.41) is 0. The van der Waals surface area contributed by atoms with E-state index in [1.807, 2.05) is 0 Å². The monoisotopic (exact) mass is 237 g/mol. The van der Waals surface area contributed by atoms with Crippen molar-refractivity contribution in [1.29, 1.82) is 0 Å². The molecule has 0 bridgehead atoms. The number of aromatic nitrogens is 2. The smallest absolute Gasteiger partial charge is 0.161 e. The molecule has 98 valence electrons. The van der Waals surface area contributed by atoms with Gasteiger partial charge in [0.05, 0.1) is 12.7 Å². The summed E-state index contributed by atoms with van der Waals surface area (Å²) in [6, 6.07) is 2.41. The molecule has 0 amide bonds. The Hall–Kier alpha value is -0.790. The van der Waals surface area contributed by atoms with Crippen molar-refractivity contribution in [3.05, 3.63) is 17.5 Å². The van der Waals surface area contributed by atoms with Gasteiger partial charge >= 0.3 is 0 Å². The topological polar surface area (TPSA) is 8.81 Å². The first-order chi connectivity index (χ1) is 8.20. The van der Waals surface area contributed by atoms with E-state index in [9.17, 15) is 0 Å². The van der Waals surface area contributed by atoms with E-state index in [2.05, 4.69) is 43.4 Å². The molecule has 0 aliphatic rings. The van der Waals surface area contributed by atoms with Crippen LogP contribution in [0.5, 0.6) is 0 Å². The molecule has 0 radical (unpaired) electrons. The van der Waals surface area contributed by atoms with Crippen LogP contribution in [0.2, 0.25) is 0 Å². The first-order valence-electron chi connectivity index (χ1n) is 7.24. The van der Waals surface area contributed by atoms with Gasteiger partial charge in [0.1, 0.15) is 0 Å². The number of hydrogen-bond acceptors (Lipinski definition) is 0. The molecule has 0 aliphatic carbocycles. The molecule has 1 aromatic heterocycles. The van der Waals surface area contributed by atoms with Crippen LogP contribution in [0.1, 0.15) is 63.8 Å². The molecule has 1 rings (SSSR count). The van der Waals surface area contributed by atoms with Crippen molar-refractivity contribution in [3.8, 4) is 0 Å². The highest BCUT2D eigenvalue weighted by molar-refractivity contribution is 5.05. The van der Waals surface area contributed by atoms with Crippen molar-refractivity contribution in [1.82, 2.24) is 4.68 Å². The molecule has 1 aromatic rings. The van der Waals surface area contributed by atoms with Gasteiger partial charge in [0.25, 0.3) is 0 Å². The van der Waals surface area contributed by atoms with Gasteiger partial charge in [-0.15, -0.1) is 4.68 Å². The summed E-state index contributed by atoms with van der Waals surface area (Å²) in [5.74, 6) is 0. The van der Waals surface area contributed by atoms with E-state index in [1.54, 1.807) is 0 Å². The van der Waals surface area contributed by atoms with Crippen LogP contribution >= 0.6 is 0 Å². The quantitative estimate of drug-likeness (QED) is 0.484. The number of unbranched alkanes of at least 4 members (excludes halogenated alkanes) is 4. The van der Waals surface area contributed by atoms with Crippen molar-refractivity contribution in [2.75, 3.05) is 0 Å². The molecule has 0 atom stereocenters. The van der Waals surface area contributed by atoms with Crippen LogP contribution in [-0.4, -0.2) is 4.68 Å². The third-order valence-corrected chi connectivity index (χ3v) is 3.69. The highest BCUT2D eigenvalue weighted by Gasteiger charge is 2.15. The fourth-order valence-electron chi connectivity index (χ4n) is 2.34. The van der Waals surface area contributed by atoms with Crippen molar-refractivity contribution >= 4 is 0 Å². The zero-order chi connectivity index (χ0) is 12.7. The normalized spacial score (nSPS) is 11.1. The Kier molecular flexibility index (Phi) is 6.31. The van der Waals surface area contributed by atoms with Gasteiger partial charge in [-0.2, -0.15) is 4.68 Å². The lowest BCUT2D eigenvalue weighted by atomic mass is 10.1. The van der Waals surface area contributed by atoms with E-state index in [-0.39, 0.29) is 0 Å². The summed E-state index contributed by atoms with van der Waals surface area (Å²) in [7, 11) is 4.37. The van der Waals surface area contributed by atoms with Crippen LogP contribution < -0.4 is 4.68 Å². The molecule has 1 heterocycles. The number of hydrogen-bond donors (Lipinski definition) is 0. The minimum absolute atomic E-state index is 1.23. The Labute approximate surface area is 107 Å². The fraction of sp³-hybridized carbons (Fsp3) is 0.800. The van der Waals surface area contributed by atoms with Crippen molar-refractivity contribution in [3.63, 3.8) is 0 Å². The van der Waals surface area contributed by atoms with E-state index in [0.717, 1.165) is 0 Å². The predicted molar refractivity (Wildman–Crippen MR) is 73.0 cm³/mol. The average molecular weight is 237 g/mol. The summed E-state index contributed by atoms with van der Waals surface area (Å²) in [6.07, 6.45) is 10.4. The molecule has 0 unspecified atom stereocenters. The van der Waals surface area contributed by atoms with Gasteiger partial charge in [0, 0.05) is 12.5 Å². The molecule has 0 aliphatic heterocycles. The molecular formula is C15H29N2+. The van der Waals surface area contributed by atoms with Crippen LogP contribution in [0.4, 0.5) is 0 Å². The molecule has 17 heavy (non-hydrogen) atoms. The van der Waals surface area contributed by atoms with Crippen molar-refractivity contribution in [2.45, 2.75) is 65.2 Å². The first kappa shape index (κ1) is 14.3.